The fourth-order valence-corrected chi connectivity index (χ4v) is 10.6. The van der Waals surface area contributed by atoms with Gasteiger partial charge in [0, 0.05) is 16.8 Å². The zero-order chi connectivity index (χ0) is 27.9. The van der Waals surface area contributed by atoms with Crippen LogP contribution in [0.25, 0.3) is 60.1 Å². The van der Waals surface area contributed by atoms with Crippen molar-refractivity contribution < 1.29 is 4.57 Å². The highest BCUT2D eigenvalue weighted by atomic mass is 15.0. The molecule has 3 heterocycles. The van der Waals surface area contributed by atoms with Crippen LogP contribution in [0, 0.1) is 31.6 Å². The molecular weight excluding hydrogens is 508 g/mol. The Morgan fingerprint density at radius 3 is 2.21 bits per heavy atom. The van der Waals surface area contributed by atoms with Gasteiger partial charge in [0.2, 0.25) is 5.52 Å². The number of pyridine rings is 2. The van der Waals surface area contributed by atoms with Crippen molar-refractivity contribution in [1.29, 1.82) is 0 Å². The lowest BCUT2D eigenvalue weighted by Gasteiger charge is -2.57. The molecule has 2 heteroatoms. The second-order valence-corrected chi connectivity index (χ2v) is 14.4. The molecule has 0 saturated heterocycles. The predicted molar refractivity (Wildman–Crippen MR) is 175 cm³/mol. The highest BCUT2D eigenvalue weighted by Crippen LogP contribution is 2.61. The molecule has 42 heavy (non-hydrogen) atoms. The summed E-state index contributed by atoms with van der Waals surface area (Å²) < 4.78 is 5.05. The molecule has 0 amide bonds. The standard InChI is InChI=1S/C40H37N2/c1-23-14-32-37-31(28-8-5-4-6-9-28)10-7-11-33(37)42-34-19-30(40-20-25-15-26(21-40)17-27(16-25)22-40)18-29-12-13-41(3)39(36(29)34)35(24(23)2)38(32)42/h4-14,18-19,25-27H,15-17,20-22H2,1-3H3/q+1. The minimum atomic E-state index is 0.359. The third-order valence-electron chi connectivity index (χ3n) is 12.0. The molecule has 0 N–H and O–H groups in total. The van der Waals surface area contributed by atoms with E-state index < -0.39 is 0 Å². The van der Waals surface area contributed by atoms with E-state index in [9.17, 15) is 0 Å². The summed E-state index contributed by atoms with van der Waals surface area (Å²) in [6.45, 7) is 4.63. The van der Waals surface area contributed by atoms with Gasteiger partial charge >= 0.3 is 0 Å². The molecule has 3 aromatic heterocycles. The number of aryl methyl sites for hydroxylation is 3. The molecule has 206 valence electrons. The van der Waals surface area contributed by atoms with Crippen molar-refractivity contribution in [3.8, 4) is 11.1 Å². The molecule has 0 radical (unpaired) electrons. The maximum Gasteiger partial charge on any atom is 0.224 e. The molecule has 4 aromatic carbocycles. The van der Waals surface area contributed by atoms with E-state index in [2.05, 4.69) is 109 Å². The minimum absolute atomic E-state index is 0.359. The molecule has 0 spiro atoms. The van der Waals surface area contributed by atoms with Crippen LogP contribution >= 0.6 is 0 Å². The van der Waals surface area contributed by atoms with Gasteiger partial charge in [0.15, 0.2) is 6.20 Å². The molecular formula is C40H37N2+. The first-order chi connectivity index (χ1) is 20.5. The number of hydrogen-bond donors (Lipinski definition) is 0. The van der Waals surface area contributed by atoms with Gasteiger partial charge in [-0.1, -0.05) is 42.5 Å². The average molecular weight is 546 g/mol. The Kier molecular flexibility index (Phi) is 4.46. The van der Waals surface area contributed by atoms with E-state index in [1.807, 2.05) is 0 Å². The summed E-state index contributed by atoms with van der Waals surface area (Å²) in [4.78, 5) is 0. The van der Waals surface area contributed by atoms with E-state index in [1.54, 1.807) is 5.56 Å². The fraction of sp³-hybridized carbons (Fsp3) is 0.325. The van der Waals surface area contributed by atoms with Gasteiger partial charge in [-0.2, -0.15) is 0 Å². The predicted octanol–water partition coefficient (Wildman–Crippen LogP) is 9.57. The van der Waals surface area contributed by atoms with Gasteiger partial charge in [-0.25, -0.2) is 4.57 Å². The maximum absolute atomic E-state index is 2.66. The smallest absolute Gasteiger partial charge is 0.224 e. The Morgan fingerprint density at radius 1 is 0.738 bits per heavy atom. The van der Waals surface area contributed by atoms with Crippen molar-refractivity contribution in [3.63, 3.8) is 0 Å². The second kappa shape index (κ2) is 7.92. The van der Waals surface area contributed by atoms with Crippen LogP contribution in [0.3, 0.4) is 0 Å². The molecule has 4 aliphatic rings. The Bertz CT molecular complexity index is 2210. The highest BCUT2D eigenvalue weighted by Gasteiger charge is 2.51. The van der Waals surface area contributed by atoms with Gasteiger partial charge < -0.3 is 4.40 Å². The first kappa shape index (κ1) is 23.6. The number of nitrogens with zero attached hydrogens (tertiary/aromatic N) is 2. The van der Waals surface area contributed by atoms with Gasteiger partial charge in [-0.05, 0) is 133 Å². The van der Waals surface area contributed by atoms with E-state index >= 15 is 0 Å². The van der Waals surface area contributed by atoms with Gasteiger partial charge in [-0.15, -0.1) is 0 Å². The number of aromatic nitrogens is 2. The van der Waals surface area contributed by atoms with Crippen LogP contribution in [0.4, 0.5) is 0 Å². The highest BCUT2D eigenvalue weighted by molar-refractivity contribution is 6.28. The monoisotopic (exact) mass is 545 g/mol. The molecule has 7 aromatic rings. The normalized spacial score (nSPS) is 25.3. The Hall–Kier alpha value is -3.91. The lowest BCUT2D eigenvalue weighted by Crippen LogP contribution is -2.48. The van der Waals surface area contributed by atoms with Crippen molar-refractivity contribution >= 4 is 49.0 Å². The van der Waals surface area contributed by atoms with E-state index in [1.165, 1.54) is 110 Å². The minimum Gasteiger partial charge on any atom is -0.307 e. The molecule has 0 unspecified atom stereocenters. The number of rotatable bonds is 2. The van der Waals surface area contributed by atoms with Crippen molar-refractivity contribution in [1.82, 2.24) is 4.40 Å². The zero-order valence-electron chi connectivity index (χ0n) is 24.9. The van der Waals surface area contributed by atoms with Crippen LogP contribution < -0.4 is 4.57 Å². The van der Waals surface area contributed by atoms with E-state index in [0.717, 1.165) is 17.8 Å². The van der Waals surface area contributed by atoms with Gasteiger partial charge in [0.05, 0.1) is 27.3 Å². The van der Waals surface area contributed by atoms with Crippen LogP contribution in [0.1, 0.15) is 55.2 Å². The maximum atomic E-state index is 2.66. The molecule has 0 atom stereocenters. The molecule has 4 bridgehead atoms. The Morgan fingerprint density at radius 2 is 1.48 bits per heavy atom. The lowest BCUT2D eigenvalue weighted by molar-refractivity contribution is -0.643. The largest absolute Gasteiger partial charge is 0.307 e. The van der Waals surface area contributed by atoms with E-state index in [-0.39, 0.29) is 0 Å². The van der Waals surface area contributed by atoms with Crippen molar-refractivity contribution in [2.24, 2.45) is 24.8 Å². The second-order valence-electron chi connectivity index (χ2n) is 14.4. The Balaban J connectivity index is 1.42. The first-order valence-corrected chi connectivity index (χ1v) is 16.1. The number of benzene rings is 4. The molecule has 4 aliphatic carbocycles. The van der Waals surface area contributed by atoms with Gasteiger partial charge in [0.25, 0.3) is 0 Å². The first-order valence-electron chi connectivity index (χ1n) is 16.1. The number of hydrogen-bond acceptors (Lipinski definition) is 0. The summed E-state index contributed by atoms with van der Waals surface area (Å²) in [6, 6.07) is 28.1. The summed E-state index contributed by atoms with van der Waals surface area (Å²) in [5.41, 5.74) is 12.8. The van der Waals surface area contributed by atoms with E-state index in [0.29, 0.717) is 5.41 Å². The lowest BCUT2D eigenvalue weighted by atomic mass is 9.48. The fourth-order valence-electron chi connectivity index (χ4n) is 10.6. The number of fused-ring (bicyclic) bond motifs is 5. The zero-order valence-corrected chi connectivity index (χ0v) is 24.9. The SMILES string of the molecule is Cc1cc2c3c(-c4ccccc4)cccc3n3c4cc(C56CC7CC(CC(C7)C5)C6)cc5cc[n+](C)c(c(c1C)c23)c54. The van der Waals surface area contributed by atoms with Gasteiger partial charge in [0.1, 0.15) is 7.05 Å². The summed E-state index contributed by atoms with van der Waals surface area (Å²) >= 11 is 0. The quantitative estimate of drug-likeness (QED) is 0.116. The average Bonchev–Trinajstić information content (AvgIpc) is 3.32. The van der Waals surface area contributed by atoms with Crippen LogP contribution in [0.15, 0.2) is 79.0 Å². The third kappa shape index (κ3) is 2.89. The van der Waals surface area contributed by atoms with Crippen LogP contribution in [0.2, 0.25) is 0 Å². The van der Waals surface area contributed by atoms with Crippen molar-refractivity contribution in [2.45, 2.75) is 57.8 Å². The van der Waals surface area contributed by atoms with Gasteiger partial charge in [-0.3, -0.25) is 0 Å². The topological polar surface area (TPSA) is 8.29 Å². The summed E-state index contributed by atoms with van der Waals surface area (Å²) in [6.07, 6.45) is 10.9. The van der Waals surface area contributed by atoms with Crippen LogP contribution in [-0.4, -0.2) is 4.40 Å². The summed E-state index contributed by atoms with van der Waals surface area (Å²) in [5, 5.41) is 6.99. The molecule has 0 aliphatic heterocycles. The van der Waals surface area contributed by atoms with Crippen LogP contribution in [-0.2, 0) is 12.5 Å². The molecule has 4 fully saturated rings. The van der Waals surface area contributed by atoms with E-state index in [4.69, 9.17) is 0 Å². The third-order valence-corrected chi connectivity index (χ3v) is 12.0. The summed E-state index contributed by atoms with van der Waals surface area (Å²) in [5.74, 6) is 2.81. The molecule has 4 saturated carbocycles. The summed E-state index contributed by atoms with van der Waals surface area (Å²) in [7, 11) is 2.24. The van der Waals surface area contributed by atoms with Crippen molar-refractivity contribution in [3.05, 3.63) is 95.7 Å². The molecule has 2 nitrogen and oxygen atoms in total. The van der Waals surface area contributed by atoms with Crippen molar-refractivity contribution in [2.75, 3.05) is 0 Å². The van der Waals surface area contributed by atoms with Crippen LogP contribution in [0.5, 0.6) is 0 Å². The Labute approximate surface area is 246 Å². The molecule has 11 rings (SSSR count).